The Hall–Kier alpha value is -5.86. The summed E-state index contributed by atoms with van der Waals surface area (Å²) in [6.45, 7) is 2.49. The minimum Gasteiger partial charge on any atom is -0.497 e. The largest absolute Gasteiger partial charge is 0.497 e. The van der Waals surface area contributed by atoms with Crippen molar-refractivity contribution < 1.29 is 37.0 Å². The molecule has 3 aromatic carbocycles. The molecule has 0 aliphatic carbocycles. The number of methoxy groups -OCH3 is 2. The molecule has 2 aliphatic heterocycles. The van der Waals surface area contributed by atoms with E-state index in [1.807, 2.05) is 37.3 Å². The Morgan fingerprint density at radius 3 is 2.47 bits per heavy atom. The van der Waals surface area contributed by atoms with Crippen LogP contribution in [0.5, 0.6) is 5.75 Å². The predicted molar refractivity (Wildman–Crippen MR) is 195 cm³/mol. The lowest BCUT2D eigenvalue weighted by atomic mass is 9.85. The summed E-state index contributed by atoms with van der Waals surface area (Å²) >= 11 is 0. The highest BCUT2D eigenvalue weighted by atomic mass is 32.2. The molecule has 14 heteroatoms. The minimum absolute atomic E-state index is 0.0107. The maximum atomic E-state index is 14.2. The van der Waals surface area contributed by atoms with Crippen LogP contribution in [-0.4, -0.2) is 56.5 Å². The third-order valence-electron chi connectivity index (χ3n) is 9.47. The molecule has 4 heterocycles. The predicted octanol–water partition coefficient (Wildman–Crippen LogP) is 4.71. The molecule has 0 saturated heterocycles. The van der Waals surface area contributed by atoms with Gasteiger partial charge in [-0.2, -0.15) is 0 Å². The van der Waals surface area contributed by atoms with E-state index in [0.29, 0.717) is 33.8 Å². The van der Waals surface area contributed by atoms with Crippen molar-refractivity contribution in [2.75, 3.05) is 20.8 Å². The van der Waals surface area contributed by atoms with Crippen molar-refractivity contribution in [1.82, 2.24) is 14.3 Å². The molecule has 0 amide bonds. The molecule has 53 heavy (non-hydrogen) atoms. The standard InChI is InChI=1S/C39H36N4O9S/c1-5-39(52-34(44)21-40-33(18-24-12-14-26(49-3)15-13-24)42-53(47,48)27-16-10-23(2)11-17-27)30-20-32-35-28(19-25-8-6-7-9-31(25)41-35)37(50-4)43(32)36(45)29(30)22-51-38(39)46/h6-17,19-20,37H,5,18,21-22H2,1-4H3,(H,40,42)/t37?,39-/m0/s1. The van der Waals surface area contributed by atoms with E-state index in [2.05, 4.69) is 9.71 Å². The van der Waals surface area contributed by atoms with Gasteiger partial charge in [0, 0.05) is 30.0 Å². The first-order valence-corrected chi connectivity index (χ1v) is 18.3. The molecule has 0 saturated carbocycles. The van der Waals surface area contributed by atoms with E-state index in [0.717, 1.165) is 10.9 Å². The van der Waals surface area contributed by atoms with Crippen LogP contribution in [0.2, 0.25) is 0 Å². The van der Waals surface area contributed by atoms with E-state index in [1.54, 1.807) is 49.4 Å². The number of pyridine rings is 2. The number of rotatable bonds is 10. The van der Waals surface area contributed by atoms with E-state index in [9.17, 15) is 22.8 Å². The summed E-state index contributed by atoms with van der Waals surface area (Å²) < 4.78 is 53.2. The number of benzene rings is 3. The van der Waals surface area contributed by atoms with Gasteiger partial charge in [0.1, 0.15) is 24.7 Å². The van der Waals surface area contributed by atoms with Gasteiger partial charge in [0.25, 0.3) is 15.6 Å². The Labute approximate surface area is 305 Å². The van der Waals surface area contributed by atoms with Gasteiger partial charge in [0.2, 0.25) is 5.60 Å². The second-order valence-electron chi connectivity index (χ2n) is 12.7. The molecule has 0 spiro atoms. The molecule has 0 bridgehead atoms. The van der Waals surface area contributed by atoms with Crippen LogP contribution in [0.1, 0.15) is 47.4 Å². The number of ether oxygens (including phenoxy) is 4. The van der Waals surface area contributed by atoms with E-state index in [4.69, 9.17) is 23.9 Å². The van der Waals surface area contributed by atoms with E-state index < -0.39 is 45.9 Å². The average Bonchev–Trinajstić information content (AvgIpc) is 3.47. The number of nitrogens with one attached hydrogen (secondary N) is 1. The molecule has 1 unspecified atom stereocenters. The van der Waals surface area contributed by atoms with Crippen molar-refractivity contribution in [3.05, 3.63) is 123 Å². The summed E-state index contributed by atoms with van der Waals surface area (Å²) in [5.74, 6) is -1.23. The van der Waals surface area contributed by atoms with Gasteiger partial charge in [0.05, 0.1) is 34.5 Å². The molecular weight excluding hydrogens is 701 g/mol. The first-order chi connectivity index (χ1) is 25.5. The zero-order chi connectivity index (χ0) is 37.5. The number of nitrogens with zero attached hydrogens (tertiary/aromatic N) is 3. The fourth-order valence-electron chi connectivity index (χ4n) is 6.72. The molecule has 0 fully saturated rings. The number of carbonyl (C=O) groups is 2. The van der Waals surface area contributed by atoms with Gasteiger partial charge in [-0.1, -0.05) is 55.0 Å². The zero-order valence-electron chi connectivity index (χ0n) is 29.4. The minimum atomic E-state index is -4.09. The fraction of sp³-hybridized carbons (Fsp3) is 0.256. The van der Waals surface area contributed by atoms with Crippen molar-refractivity contribution >= 4 is 38.7 Å². The number of aryl methyl sites for hydroxylation is 1. The Balaban J connectivity index is 1.24. The molecule has 1 N–H and O–H groups in total. The maximum Gasteiger partial charge on any atom is 0.355 e. The summed E-state index contributed by atoms with van der Waals surface area (Å²) in [6.07, 6.45) is -0.841. The van der Waals surface area contributed by atoms with Crippen molar-refractivity contribution in [3.8, 4) is 17.1 Å². The van der Waals surface area contributed by atoms with E-state index in [-0.39, 0.29) is 41.3 Å². The number of sulfonamides is 1. The maximum absolute atomic E-state index is 14.2. The third kappa shape index (κ3) is 6.44. The molecule has 7 rings (SSSR count). The first-order valence-electron chi connectivity index (χ1n) is 16.8. The molecular formula is C39H36N4O9S. The Bertz CT molecular complexity index is 2460. The van der Waals surface area contributed by atoms with Gasteiger partial charge < -0.3 is 18.9 Å². The van der Waals surface area contributed by atoms with Crippen molar-refractivity contribution in [3.63, 3.8) is 0 Å². The molecule has 272 valence electrons. The molecule has 2 atom stereocenters. The summed E-state index contributed by atoms with van der Waals surface area (Å²) in [4.78, 5) is 50.6. The topological polar surface area (TPSA) is 164 Å². The number of hydrogen-bond donors (Lipinski definition) is 1. The number of cyclic esters (lactones) is 1. The van der Waals surface area contributed by atoms with Gasteiger partial charge in [0.15, 0.2) is 6.23 Å². The Kier molecular flexibility index (Phi) is 9.34. The molecule has 2 aromatic heterocycles. The number of aliphatic imine (C=N–C) groups is 1. The van der Waals surface area contributed by atoms with Gasteiger partial charge >= 0.3 is 11.9 Å². The number of carbonyl (C=O) groups excluding carboxylic acids is 2. The quantitative estimate of drug-likeness (QED) is 0.121. The highest BCUT2D eigenvalue weighted by molar-refractivity contribution is 7.90. The lowest BCUT2D eigenvalue weighted by Gasteiger charge is -2.35. The second kappa shape index (κ2) is 13.9. The molecule has 13 nitrogen and oxygen atoms in total. The third-order valence-corrected chi connectivity index (χ3v) is 10.9. The van der Waals surface area contributed by atoms with Crippen LogP contribution in [0, 0.1) is 6.92 Å². The van der Waals surface area contributed by atoms with Crippen molar-refractivity contribution in [2.24, 2.45) is 4.99 Å². The fourth-order valence-corrected chi connectivity index (χ4v) is 7.78. The highest BCUT2D eigenvalue weighted by Gasteiger charge is 2.51. The van der Waals surface area contributed by atoms with Gasteiger partial charge in [-0.3, -0.25) is 19.1 Å². The van der Waals surface area contributed by atoms with Crippen LogP contribution in [0.25, 0.3) is 22.3 Å². The van der Waals surface area contributed by atoms with E-state index >= 15 is 0 Å². The second-order valence-corrected chi connectivity index (χ2v) is 14.4. The monoisotopic (exact) mass is 736 g/mol. The van der Waals surface area contributed by atoms with Crippen molar-refractivity contribution in [2.45, 2.75) is 50.0 Å². The number of amidine groups is 1. The number of esters is 2. The van der Waals surface area contributed by atoms with Crippen LogP contribution >= 0.6 is 0 Å². The normalized spacial score (nSPS) is 17.8. The number of fused-ring (bicyclic) bond motifs is 5. The summed E-state index contributed by atoms with van der Waals surface area (Å²) in [7, 11) is -1.06. The summed E-state index contributed by atoms with van der Waals surface area (Å²) in [5, 5.41) is 0.863. The smallest absolute Gasteiger partial charge is 0.355 e. The molecule has 0 radical (unpaired) electrons. The first kappa shape index (κ1) is 35.5. The van der Waals surface area contributed by atoms with Crippen LogP contribution in [-0.2, 0) is 52.5 Å². The van der Waals surface area contributed by atoms with Crippen LogP contribution in [0.4, 0.5) is 0 Å². The zero-order valence-corrected chi connectivity index (χ0v) is 30.2. The Morgan fingerprint density at radius 2 is 1.77 bits per heavy atom. The van der Waals surface area contributed by atoms with Gasteiger partial charge in [-0.05, 0) is 61.4 Å². The summed E-state index contributed by atoms with van der Waals surface area (Å²) in [5.41, 5.74) is 1.69. The number of aromatic nitrogens is 2. The van der Waals surface area contributed by atoms with Crippen LogP contribution in [0.3, 0.4) is 0 Å². The van der Waals surface area contributed by atoms with Gasteiger partial charge in [-0.25, -0.2) is 23.0 Å². The van der Waals surface area contributed by atoms with Gasteiger partial charge in [-0.15, -0.1) is 0 Å². The average molecular weight is 737 g/mol. The lowest BCUT2D eigenvalue weighted by Crippen LogP contribution is -2.48. The number of hydrogen-bond acceptors (Lipinski definition) is 11. The Morgan fingerprint density at radius 1 is 1.04 bits per heavy atom. The van der Waals surface area contributed by atoms with E-state index in [1.165, 1.54) is 30.9 Å². The van der Waals surface area contributed by atoms with Crippen LogP contribution < -0.4 is 15.0 Å². The molecule has 2 aliphatic rings. The lowest BCUT2D eigenvalue weighted by molar-refractivity contribution is -0.188. The highest BCUT2D eigenvalue weighted by Crippen LogP contribution is 2.44. The van der Waals surface area contributed by atoms with Crippen molar-refractivity contribution in [1.29, 1.82) is 0 Å². The SMILES string of the molecule is CC[C@@]1(OC(=O)CN=C(Cc2ccc(OC)cc2)NS(=O)(=O)c2ccc(C)cc2)C(=O)OCc2c1cc1n(c2=O)C(OC)c2cc3ccccc3nc2-1. The summed E-state index contributed by atoms with van der Waals surface area (Å²) in [6, 6.07) is 24.3. The van der Waals surface area contributed by atoms with Crippen LogP contribution in [0.15, 0.2) is 99.6 Å². The molecule has 5 aromatic rings. The number of para-hydroxylation sites is 1.